The molecule has 2 aromatic carbocycles. The molecule has 150 valence electrons. The van der Waals surface area contributed by atoms with E-state index >= 15 is 0 Å². The van der Waals surface area contributed by atoms with Gasteiger partial charge in [-0.2, -0.15) is 8.42 Å². The fraction of sp³-hybridized carbons (Fsp3) is 0.350. The van der Waals surface area contributed by atoms with Gasteiger partial charge in [0.2, 0.25) is 0 Å². The van der Waals surface area contributed by atoms with Gasteiger partial charge in [-0.05, 0) is 48.7 Å². The summed E-state index contributed by atoms with van der Waals surface area (Å²) in [5.41, 5.74) is 1.37. The van der Waals surface area contributed by atoms with Crippen LogP contribution in [-0.2, 0) is 21.4 Å². The van der Waals surface area contributed by atoms with E-state index < -0.39 is 10.1 Å². The van der Waals surface area contributed by atoms with Crippen molar-refractivity contribution in [3.05, 3.63) is 64.7 Å². The fourth-order valence-electron chi connectivity index (χ4n) is 3.10. The van der Waals surface area contributed by atoms with Crippen LogP contribution >= 0.6 is 11.6 Å². The van der Waals surface area contributed by atoms with Gasteiger partial charge in [-0.3, -0.25) is 4.79 Å². The first-order valence-corrected chi connectivity index (χ1v) is 11.1. The van der Waals surface area contributed by atoms with Gasteiger partial charge in [0, 0.05) is 30.3 Å². The highest BCUT2D eigenvalue weighted by molar-refractivity contribution is 7.86. The Labute approximate surface area is 170 Å². The minimum atomic E-state index is -3.58. The lowest BCUT2D eigenvalue weighted by Gasteiger charge is -2.26. The molecule has 1 amide bonds. The summed E-state index contributed by atoms with van der Waals surface area (Å²) >= 11 is 6.04. The maximum atomic E-state index is 13.1. The Balaban J connectivity index is 1.77. The average molecular weight is 424 g/mol. The number of amides is 1. The van der Waals surface area contributed by atoms with Crippen LogP contribution in [0, 0.1) is 0 Å². The summed E-state index contributed by atoms with van der Waals surface area (Å²) in [7, 11) is -3.58. The number of nitrogens with zero attached hydrogens (tertiary/aromatic N) is 1. The van der Waals surface area contributed by atoms with Gasteiger partial charge in [-0.1, -0.05) is 29.8 Å². The Morgan fingerprint density at radius 2 is 2.00 bits per heavy atom. The van der Waals surface area contributed by atoms with Crippen LogP contribution in [0.5, 0.6) is 5.75 Å². The van der Waals surface area contributed by atoms with Crippen LogP contribution in [0.15, 0.2) is 48.5 Å². The molecule has 0 aliphatic carbocycles. The van der Waals surface area contributed by atoms with Gasteiger partial charge in [0.05, 0.1) is 12.4 Å². The van der Waals surface area contributed by atoms with Gasteiger partial charge in [0.15, 0.2) is 0 Å². The lowest BCUT2D eigenvalue weighted by atomic mass is 10.1. The summed E-state index contributed by atoms with van der Waals surface area (Å²) in [6.07, 6.45) is 2.91. The van der Waals surface area contributed by atoms with Crippen LogP contribution in [0.4, 0.5) is 0 Å². The van der Waals surface area contributed by atoms with Crippen molar-refractivity contribution < 1.29 is 22.1 Å². The molecule has 0 aromatic heterocycles. The maximum absolute atomic E-state index is 13.1. The molecular formula is C20H22ClNO5S. The molecule has 0 N–H and O–H groups in total. The van der Waals surface area contributed by atoms with Crippen LogP contribution in [0.1, 0.15) is 28.8 Å². The van der Waals surface area contributed by atoms with Gasteiger partial charge >= 0.3 is 10.1 Å². The van der Waals surface area contributed by atoms with Gasteiger partial charge in [-0.25, -0.2) is 0 Å². The van der Waals surface area contributed by atoms with Crippen molar-refractivity contribution >= 4 is 27.6 Å². The molecule has 1 saturated heterocycles. The van der Waals surface area contributed by atoms with Gasteiger partial charge in [0.1, 0.15) is 5.75 Å². The molecule has 8 heteroatoms. The topological polar surface area (TPSA) is 72.9 Å². The maximum Gasteiger partial charge on any atom is 0.306 e. The van der Waals surface area contributed by atoms with Crippen molar-refractivity contribution in [3.8, 4) is 5.75 Å². The van der Waals surface area contributed by atoms with E-state index in [-0.39, 0.29) is 17.8 Å². The van der Waals surface area contributed by atoms with E-state index in [2.05, 4.69) is 0 Å². The van der Waals surface area contributed by atoms with Crippen LogP contribution in [0.2, 0.25) is 5.02 Å². The predicted molar refractivity (Wildman–Crippen MR) is 107 cm³/mol. The van der Waals surface area contributed by atoms with E-state index in [0.29, 0.717) is 30.3 Å². The predicted octanol–water partition coefficient (Wildman–Crippen LogP) is 3.50. The van der Waals surface area contributed by atoms with Crippen molar-refractivity contribution in [1.82, 2.24) is 4.90 Å². The molecule has 3 rings (SSSR count). The summed E-state index contributed by atoms with van der Waals surface area (Å²) in [4.78, 5) is 14.8. The molecule has 0 spiro atoms. The number of halogens is 1. The summed E-state index contributed by atoms with van der Waals surface area (Å²) in [5, 5.41) is 0.505. The Bertz CT molecular complexity index is 924. The first-order chi connectivity index (χ1) is 13.3. The molecule has 0 bridgehead atoms. The number of hydrogen-bond acceptors (Lipinski definition) is 5. The van der Waals surface area contributed by atoms with Gasteiger partial charge in [0.25, 0.3) is 5.91 Å². The normalized spacial score (nSPS) is 16.7. The highest BCUT2D eigenvalue weighted by Gasteiger charge is 2.24. The second kappa shape index (κ2) is 8.94. The highest BCUT2D eigenvalue weighted by atomic mass is 35.5. The molecule has 1 aliphatic heterocycles. The van der Waals surface area contributed by atoms with E-state index in [0.717, 1.165) is 24.7 Å². The van der Waals surface area contributed by atoms with Crippen molar-refractivity contribution in [2.24, 2.45) is 0 Å². The molecule has 2 aromatic rings. The van der Waals surface area contributed by atoms with Crippen LogP contribution in [0.25, 0.3) is 0 Å². The molecular weight excluding hydrogens is 402 g/mol. The smallest absolute Gasteiger partial charge is 0.306 e. The lowest BCUT2D eigenvalue weighted by molar-refractivity contribution is 0.0507. The second-order valence-corrected chi connectivity index (χ2v) is 8.77. The zero-order chi connectivity index (χ0) is 20.1. The monoisotopic (exact) mass is 423 g/mol. The number of carbonyl (C=O) groups excluding carboxylic acids is 1. The third kappa shape index (κ3) is 5.95. The van der Waals surface area contributed by atoms with Crippen molar-refractivity contribution in [1.29, 1.82) is 0 Å². The number of hydrogen-bond donors (Lipinski definition) is 0. The minimum absolute atomic E-state index is 0.0102. The van der Waals surface area contributed by atoms with E-state index in [1.54, 1.807) is 53.4 Å². The van der Waals surface area contributed by atoms with Gasteiger partial charge < -0.3 is 13.8 Å². The Hall–Kier alpha value is -2.09. The first kappa shape index (κ1) is 20.6. The highest BCUT2D eigenvalue weighted by Crippen LogP contribution is 2.20. The molecule has 1 atom stereocenters. The molecule has 6 nitrogen and oxygen atoms in total. The quantitative estimate of drug-likeness (QED) is 0.637. The standard InChI is InChI=1S/C20H22ClNO5S/c1-28(24,25)27-18-9-7-15(8-10-18)13-22(14-19-6-3-11-26-19)20(23)16-4-2-5-17(21)12-16/h2,4-5,7-10,12,19H,3,6,11,13-14H2,1H3. The lowest BCUT2D eigenvalue weighted by Crippen LogP contribution is -2.37. The second-order valence-electron chi connectivity index (χ2n) is 6.76. The van der Waals surface area contributed by atoms with Crippen molar-refractivity contribution in [2.75, 3.05) is 19.4 Å². The number of benzene rings is 2. The van der Waals surface area contributed by atoms with E-state index in [9.17, 15) is 13.2 Å². The Morgan fingerprint density at radius 1 is 1.25 bits per heavy atom. The molecule has 28 heavy (non-hydrogen) atoms. The number of rotatable bonds is 7. The molecule has 0 radical (unpaired) electrons. The molecule has 1 unspecified atom stereocenters. The third-order valence-electron chi connectivity index (χ3n) is 4.35. The van der Waals surface area contributed by atoms with E-state index in [4.69, 9.17) is 20.5 Å². The van der Waals surface area contributed by atoms with Crippen molar-refractivity contribution in [3.63, 3.8) is 0 Å². The average Bonchev–Trinajstić information content (AvgIpc) is 3.14. The van der Waals surface area contributed by atoms with Gasteiger partial charge in [-0.15, -0.1) is 0 Å². The summed E-state index contributed by atoms with van der Waals surface area (Å²) < 4.78 is 33.0. The van der Waals surface area contributed by atoms with Crippen LogP contribution in [0.3, 0.4) is 0 Å². The largest absolute Gasteiger partial charge is 0.383 e. The fourth-order valence-corrected chi connectivity index (χ4v) is 3.75. The summed E-state index contributed by atoms with van der Waals surface area (Å²) in [6.45, 7) is 1.55. The van der Waals surface area contributed by atoms with E-state index in [1.165, 1.54) is 0 Å². The zero-order valence-electron chi connectivity index (χ0n) is 15.5. The molecule has 1 aliphatic rings. The third-order valence-corrected chi connectivity index (χ3v) is 5.08. The van der Waals surface area contributed by atoms with Crippen LogP contribution < -0.4 is 4.18 Å². The summed E-state index contributed by atoms with van der Waals surface area (Å²) in [5.74, 6) is 0.104. The van der Waals surface area contributed by atoms with Crippen molar-refractivity contribution in [2.45, 2.75) is 25.5 Å². The number of carbonyl (C=O) groups is 1. The molecule has 0 saturated carbocycles. The number of ether oxygens (including phenoxy) is 1. The van der Waals surface area contributed by atoms with Crippen LogP contribution in [-0.4, -0.2) is 44.7 Å². The Morgan fingerprint density at radius 3 is 2.61 bits per heavy atom. The molecule has 1 heterocycles. The zero-order valence-corrected chi connectivity index (χ0v) is 17.1. The Kier molecular flexibility index (Phi) is 6.59. The van der Waals surface area contributed by atoms with E-state index in [1.807, 2.05) is 0 Å². The SMILES string of the molecule is CS(=O)(=O)Oc1ccc(CN(CC2CCCO2)C(=O)c2cccc(Cl)c2)cc1. The first-order valence-electron chi connectivity index (χ1n) is 8.95. The minimum Gasteiger partial charge on any atom is -0.383 e. The molecule has 1 fully saturated rings. The summed E-state index contributed by atoms with van der Waals surface area (Å²) in [6, 6.07) is 13.5.